The fourth-order valence-electron chi connectivity index (χ4n) is 1.54. The Bertz CT molecular complexity index is 555. The van der Waals surface area contributed by atoms with E-state index in [-0.39, 0.29) is 12.4 Å². The van der Waals surface area contributed by atoms with Crippen LogP contribution in [-0.2, 0) is 0 Å². The molecule has 0 aromatic heterocycles. The van der Waals surface area contributed by atoms with E-state index >= 15 is 0 Å². The molecule has 19 heavy (non-hydrogen) atoms. The summed E-state index contributed by atoms with van der Waals surface area (Å²) in [6.07, 6.45) is -1.05. The van der Waals surface area contributed by atoms with Gasteiger partial charge in [-0.15, -0.1) is 0 Å². The highest BCUT2D eigenvalue weighted by Crippen LogP contribution is 2.20. The van der Waals surface area contributed by atoms with Crippen LogP contribution >= 0.6 is 0 Å². The SMILES string of the molecule is OC(COc1cc(F)ccc1F)c1ccc(F)cc1. The van der Waals surface area contributed by atoms with E-state index in [9.17, 15) is 18.3 Å². The first kappa shape index (κ1) is 13.4. The van der Waals surface area contributed by atoms with Crippen LogP contribution in [0.1, 0.15) is 11.7 Å². The summed E-state index contributed by atoms with van der Waals surface area (Å²) in [4.78, 5) is 0. The Kier molecular flexibility index (Phi) is 4.06. The third-order valence-corrected chi connectivity index (χ3v) is 2.54. The third kappa shape index (κ3) is 3.48. The van der Waals surface area contributed by atoms with Gasteiger partial charge in [-0.2, -0.15) is 0 Å². The van der Waals surface area contributed by atoms with Gasteiger partial charge in [0, 0.05) is 6.07 Å². The number of aliphatic hydroxyl groups excluding tert-OH is 1. The van der Waals surface area contributed by atoms with Crippen LogP contribution in [0.3, 0.4) is 0 Å². The van der Waals surface area contributed by atoms with Crippen LogP contribution in [0.5, 0.6) is 5.75 Å². The summed E-state index contributed by atoms with van der Waals surface area (Å²) in [5.41, 5.74) is 0.429. The van der Waals surface area contributed by atoms with Crippen LogP contribution in [0.4, 0.5) is 13.2 Å². The van der Waals surface area contributed by atoms with Gasteiger partial charge in [-0.25, -0.2) is 13.2 Å². The third-order valence-electron chi connectivity index (χ3n) is 2.54. The molecule has 0 aliphatic rings. The van der Waals surface area contributed by atoms with Crippen LogP contribution in [0.2, 0.25) is 0 Å². The maximum Gasteiger partial charge on any atom is 0.165 e. The van der Waals surface area contributed by atoms with Crippen molar-refractivity contribution >= 4 is 0 Å². The van der Waals surface area contributed by atoms with E-state index in [4.69, 9.17) is 4.74 Å². The molecule has 0 fully saturated rings. The molecule has 0 bridgehead atoms. The van der Waals surface area contributed by atoms with E-state index < -0.39 is 23.6 Å². The minimum atomic E-state index is -1.05. The zero-order valence-electron chi connectivity index (χ0n) is 9.82. The summed E-state index contributed by atoms with van der Waals surface area (Å²) in [7, 11) is 0. The Labute approximate surface area is 108 Å². The molecular formula is C14H11F3O2. The molecule has 1 unspecified atom stereocenters. The summed E-state index contributed by atoms with van der Waals surface area (Å²) in [6, 6.07) is 7.99. The predicted molar refractivity (Wildman–Crippen MR) is 63.2 cm³/mol. The molecule has 0 heterocycles. The second kappa shape index (κ2) is 5.75. The van der Waals surface area contributed by atoms with Gasteiger partial charge < -0.3 is 9.84 Å². The highest BCUT2D eigenvalue weighted by molar-refractivity contribution is 5.25. The van der Waals surface area contributed by atoms with Crippen LogP contribution in [-0.4, -0.2) is 11.7 Å². The molecule has 0 aliphatic carbocycles. The molecule has 0 aliphatic heterocycles. The van der Waals surface area contributed by atoms with Gasteiger partial charge in [-0.1, -0.05) is 12.1 Å². The molecule has 0 amide bonds. The molecule has 2 aromatic rings. The Morgan fingerprint density at radius 1 is 0.947 bits per heavy atom. The van der Waals surface area contributed by atoms with Gasteiger partial charge in [0.2, 0.25) is 0 Å². The predicted octanol–water partition coefficient (Wildman–Crippen LogP) is 3.22. The van der Waals surface area contributed by atoms with Crippen molar-refractivity contribution in [2.45, 2.75) is 6.10 Å². The molecule has 2 rings (SSSR count). The van der Waals surface area contributed by atoms with Crippen molar-refractivity contribution in [2.75, 3.05) is 6.61 Å². The zero-order valence-corrected chi connectivity index (χ0v) is 9.82. The minimum Gasteiger partial charge on any atom is -0.487 e. The number of ether oxygens (including phenoxy) is 1. The smallest absolute Gasteiger partial charge is 0.165 e. The van der Waals surface area contributed by atoms with Gasteiger partial charge in [-0.05, 0) is 29.8 Å². The first-order valence-electron chi connectivity index (χ1n) is 5.57. The molecule has 0 saturated carbocycles. The molecule has 2 nitrogen and oxygen atoms in total. The van der Waals surface area contributed by atoms with E-state index in [0.717, 1.165) is 18.2 Å². The van der Waals surface area contributed by atoms with Crippen LogP contribution in [0, 0.1) is 17.5 Å². The van der Waals surface area contributed by atoms with E-state index in [1.54, 1.807) is 0 Å². The number of rotatable bonds is 4. The number of halogens is 3. The van der Waals surface area contributed by atoms with Crippen LogP contribution in [0.25, 0.3) is 0 Å². The Hall–Kier alpha value is -2.01. The topological polar surface area (TPSA) is 29.5 Å². The summed E-state index contributed by atoms with van der Waals surface area (Å²) in [6.45, 7) is -0.258. The largest absolute Gasteiger partial charge is 0.487 e. The molecule has 0 saturated heterocycles. The summed E-state index contributed by atoms with van der Waals surface area (Å²) < 4.78 is 43.8. The van der Waals surface area contributed by atoms with Crippen molar-refractivity contribution in [3.63, 3.8) is 0 Å². The van der Waals surface area contributed by atoms with E-state index in [1.165, 1.54) is 24.3 Å². The lowest BCUT2D eigenvalue weighted by Gasteiger charge is -2.13. The van der Waals surface area contributed by atoms with Gasteiger partial charge in [0.25, 0.3) is 0 Å². The van der Waals surface area contributed by atoms with Gasteiger partial charge in [0.1, 0.15) is 24.3 Å². The zero-order chi connectivity index (χ0) is 13.8. The fourth-order valence-corrected chi connectivity index (χ4v) is 1.54. The van der Waals surface area contributed by atoms with E-state index in [2.05, 4.69) is 0 Å². The first-order chi connectivity index (χ1) is 9.06. The highest BCUT2D eigenvalue weighted by atomic mass is 19.1. The van der Waals surface area contributed by atoms with Crippen molar-refractivity contribution in [1.82, 2.24) is 0 Å². The van der Waals surface area contributed by atoms with Gasteiger partial charge in [0.15, 0.2) is 11.6 Å². The van der Waals surface area contributed by atoms with Crippen LogP contribution in [0.15, 0.2) is 42.5 Å². The number of hydrogen-bond donors (Lipinski definition) is 1. The second-order valence-electron chi connectivity index (χ2n) is 3.95. The lowest BCUT2D eigenvalue weighted by atomic mass is 10.1. The number of aliphatic hydroxyl groups is 1. The maximum atomic E-state index is 13.3. The lowest BCUT2D eigenvalue weighted by molar-refractivity contribution is 0.105. The maximum absolute atomic E-state index is 13.3. The standard InChI is InChI=1S/C14H11F3O2/c15-10-3-1-9(2-4-10)13(18)8-19-14-7-11(16)5-6-12(14)17/h1-7,13,18H,8H2. The van der Waals surface area contributed by atoms with Crippen molar-refractivity contribution in [2.24, 2.45) is 0 Å². The molecule has 100 valence electrons. The lowest BCUT2D eigenvalue weighted by Crippen LogP contribution is -2.10. The molecule has 1 N–H and O–H groups in total. The van der Waals surface area contributed by atoms with Crippen molar-refractivity contribution in [1.29, 1.82) is 0 Å². The van der Waals surface area contributed by atoms with Crippen molar-refractivity contribution in [3.05, 3.63) is 65.5 Å². The fraction of sp³-hybridized carbons (Fsp3) is 0.143. The molecule has 5 heteroatoms. The summed E-state index contributed by atoms with van der Waals surface area (Å²) >= 11 is 0. The van der Waals surface area contributed by atoms with Gasteiger partial charge in [0.05, 0.1) is 0 Å². The minimum absolute atomic E-state index is 0.258. The monoisotopic (exact) mass is 268 g/mol. The van der Waals surface area contributed by atoms with Crippen molar-refractivity contribution in [3.8, 4) is 5.75 Å². The second-order valence-corrected chi connectivity index (χ2v) is 3.95. The van der Waals surface area contributed by atoms with Crippen molar-refractivity contribution < 1.29 is 23.0 Å². The Morgan fingerprint density at radius 2 is 1.58 bits per heavy atom. The summed E-state index contributed by atoms with van der Waals surface area (Å²) in [5.74, 6) is -2.05. The van der Waals surface area contributed by atoms with E-state index in [1.807, 2.05) is 0 Å². The first-order valence-corrected chi connectivity index (χ1v) is 5.57. The average molecular weight is 268 g/mol. The molecule has 0 radical (unpaired) electrons. The highest BCUT2D eigenvalue weighted by Gasteiger charge is 2.11. The Balaban J connectivity index is 2.02. The summed E-state index contributed by atoms with van der Waals surface area (Å²) in [5, 5.41) is 9.77. The van der Waals surface area contributed by atoms with Gasteiger partial charge in [-0.3, -0.25) is 0 Å². The molecule has 2 aromatic carbocycles. The molecule has 1 atom stereocenters. The molecular weight excluding hydrogens is 257 g/mol. The van der Waals surface area contributed by atoms with E-state index in [0.29, 0.717) is 5.56 Å². The van der Waals surface area contributed by atoms with Gasteiger partial charge >= 0.3 is 0 Å². The van der Waals surface area contributed by atoms with Crippen LogP contribution < -0.4 is 4.74 Å². The molecule has 0 spiro atoms. The normalized spacial score (nSPS) is 12.2. The Morgan fingerprint density at radius 3 is 2.26 bits per heavy atom. The number of hydrogen-bond acceptors (Lipinski definition) is 2. The number of benzene rings is 2. The quantitative estimate of drug-likeness (QED) is 0.922. The average Bonchev–Trinajstić information content (AvgIpc) is 2.40.